The van der Waals surface area contributed by atoms with Crippen LogP contribution in [-0.2, 0) is 19.1 Å². The second kappa shape index (κ2) is 31.2. The molecule has 0 aliphatic rings. The third kappa shape index (κ3) is 29.4. The van der Waals surface area contributed by atoms with Crippen molar-refractivity contribution in [3.8, 4) is 0 Å². The molecule has 0 saturated carbocycles. The maximum Gasteiger partial charge on any atom is 0.306 e. The Balaban J connectivity index is 3.91. The first-order chi connectivity index (χ1) is 19.1. The van der Waals surface area contributed by atoms with Crippen molar-refractivity contribution in [1.29, 1.82) is 0 Å². The summed E-state index contributed by atoms with van der Waals surface area (Å²) in [5.41, 5.74) is 0. The summed E-state index contributed by atoms with van der Waals surface area (Å²) in [7, 11) is 0. The van der Waals surface area contributed by atoms with Gasteiger partial charge in [-0.25, -0.2) is 0 Å². The van der Waals surface area contributed by atoms with E-state index in [-0.39, 0.29) is 18.0 Å². The van der Waals surface area contributed by atoms with E-state index < -0.39 is 0 Å². The molecule has 0 amide bonds. The number of ether oxygens (including phenoxy) is 2. The number of rotatable bonds is 30. The van der Waals surface area contributed by atoms with Crippen molar-refractivity contribution in [2.24, 2.45) is 0 Å². The van der Waals surface area contributed by atoms with Crippen LogP contribution in [0.15, 0.2) is 12.2 Å². The van der Waals surface area contributed by atoms with Crippen LogP contribution in [0.4, 0.5) is 0 Å². The Hall–Kier alpha value is -1.36. The van der Waals surface area contributed by atoms with E-state index >= 15 is 0 Å². The molecule has 0 aromatic carbocycles. The van der Waals surface area contributed by atoms with Crippen molar-refractivity contribution in [3.63, 3.8) is 0 Å². The quantitative estimate of drug-likeness (QED) is 0.0547. The predicted molar refractivity (Wildman–Crippen MR) is 166 cm³/mol. The van der Waals surface area contributed by atoms with Crippen LogP contribution in [0.1, 0.15) is 168 Å². The highest BCUT2D eigenvalue weighted by molar-refractivity contribution is 5.69. The molecule has 39 heavy (non-hydrogen) atoms. The van der Waals surface area contributed by atoms with Gasteiger partial charge in [0.2, 0.25) is 0 Å². The minimum absolute atomic E-state index is 0.0548. The summed E-state index contributed by atoms with van der Waals surface area (Å²) in [5.74, 6) is -0.196. The van der Waals surface area contributed by atoms with Gasteiger partial charge in [0.05, 0.1) is 0 Å². The van der Waals surface area contributed by atoms with Gasteiger partial charge in [-0.05, 0) is 64.5 Å². The summed E-state index contributed by atoms with van der Waals surface area (Å²) in [6, 6.07) is 0. The second-order valence-electron chi connectivity index (χ2n) is 11.2. The van der Waals surface area contributed by atoms with Crippen LogP contribution in [0.3, 0.4) is 0 Å². The molecule has 0 heterocycles. The van der Waals surface area contributed by atoms with Crippen LogP contribution in [0.2, 0.25) is 0 Å². The molecule has 0 radical (unpaired) electrons. The third-order valence-corrected chi connectivity index (χ3v) is 7.26. The van der Waals surface area contributed by atoms with Crippen molar-refractivity contribution >= 4 is 11.9 Å². The summed E-state index contributed by atoms with van der Waals surface area (Å²) in [6.45, 7) is 8.62. The van der Waals surface area contributed by atoms with Crippen LogP contribution < -0.4 is 5.32 Å². The lowest BCUT2D eigenvalue weighted by atomic mass is 10.0. The minimum atomic E-state index is -0.141. The fourth-order valence-corrected chi connectivity index (χ4v) is 4.74. The molecule has 0 fully saturated rings. The predicted octanol–water partition coefficient (Wildman–Crippen LogP) is 9.62. The van der Waals surface area contributed by atoms with E-state index in [1.807, 2.05) is 6.08 Å². The first kappa shape index (κ1) is 37.6. The van der Waals surface area contributed by atoms with Gasteiger partial charge in [0.1, 0.15) is 12.7 Å². The molecule has 0 spiro atoms. The Labute approximate surface area is 242 Å². The topological polar surface area (TPSA) is 64.6 Å². The van der Waals surface area contributed by atoms with E-state index in [1.165, 1.54) is 89.9 Å². The first-order valence-electron chi connectivity index (χ1n) is 16.8. The average Bonchev–Trinajstić information content (AvgIpc) is 2.93. The Morgan fingerprint density at radius 1 is 0.590 bits per heavy atom. The van der Waals surface area contributed by atoms with E-state index in [9.17, 15) is 9.59 Å². The number of unbranched alkanes of at least 4 members (excludes halogenated alkanes) is 14. The number of carbonyl (C=O) groups is 2. The highest BCUT2D eigenvalue weighted by Crippen LogP contribution is 2.17. The summed E-state index contributed by atoms with van der Waals surface area (Å²) in [5, 5.41) is 3.34. The fraction of sp³-hybridized carbons (Fsp3) is 0.882. The molecular formula is C34H65NO4. The zero-order chi connectivity index (χ0) is 28.7. The van der Waals surface area contributed by atoms with Gasteiger partial charge < -0.3 is 14.8 Å². The molecule has 0 aliphatic heterocycles. The number of allylic oxidation sites excluding steroid dienone is 1. The van der Waals surface area contributed by atoms with Crippen molar-refractivity contribution in [2.75, 3.05) is 19.7 Å². The zero-order valence-electron chi connectivity index (χ0n) is 26.2. The maximum absolute atomic E-state index is 12.5. The van der Waals surface area contributed by atoms with Gasteiger partial charge >= 0.3 is 11.9 Å². The van der Waals surface area contributed by atoms with Crippen molar-refractivity contribution in [2.45, 2.75) is 175 Å². The highest BCUT2D eigenvalue weighted by atomic mass is 16.5. The van der Waals surface area contributed by atoms with E-state index in [4.69, 9.17) is 9.47 Å². The number of nitrogens with one attached hydrogen (secondary N) is 1. The van der Waals surface area contributed by atoms with Gasteiger partial charge in [-0.3, -0.25) is 9.59 Å². The number of hydrogen-bond acceptors (Lipinski definition) is 5. The van der Waals surface area contributed by atoms with Gasteiger partial charge in [0, 0.05) is 12.8 Å². The molecule has 0 atom stereocenters. The Kier molecular flexibility index (Phi) is 30.1. The summed E-state index contributed by atoms with van der Waals surface area (Å²) < 4.78 is 11.2. The lowest BCUT2D eigenvalue weighted by Gasteiger charge is -2.18. The van der Waals surface area contributed by atoms with E-state index in [1.54, 1.807) is 0 Å². The summed E-state index contributed by atoms with van der Waals surface area (Å²) >= 11 is 0. The van der Waals surface area contributed by atoms with Gasteiger partial charge in [0.25, 0.3) is 0 Å². The van der Waals surface area contributed by atoms with Crippen molar-refractivity contribution in [3.05, 3.63) is 12.2 Å². The zero-order valence-corrected chi connectivity index (χ0v) is 26.2. The molecule has 0 rings (SSSR count). The lowest BCUT2D eigenvalue weighted by molar-refractivity contribution is -0.150. The molecule has 0 unspecified atom stereocenters. The van der Waals surface area contributed by atoms with Gasteiger partial charge in [0.15, 0.2) is 0 Å². The SMILES string of the molecule is CCCCCC/C=C\COC(=O)CCCNCCCC(=O)OC(CCCCCCCC)CCCCCCCC. The van der Waals surface area contributed by atoms with Gasteiger partial charge in [-0.15, -0.1) is 0 Å². The van der Waals surface area contributed by atoms with Crippen LogP contribution in [0.25, 0.3) is 0 Å². The van der Waals surface area contributed by atoms with Gasteiger partial charge in [-0.1, -0.05) is 116 Å². The number of esters is 2. The minimum Gasteiger partial charge on any atom is -0.462 e. The maximum atomic E-state index is 12.5. The Morgan fingerprint density at radius 3 is 1.64 bits per heavy atom. The molecule has 0 aliphatic carbocycles. The van der Waals surface area contributed by atoms with E-state index in [0.29, 0.717) is 19.4 Å². The summed E-state index contributed by atoms with van der Waals surface area (Å²) in [6.07, 6.45) is 29.9. The van der Waals surface area contributed by atoms with Crippen LogP contribution >= 0.6 is 0 Å². The molecule has 0 bridgehead atoms. The monoisotopic (exact) mass is 551 g/mol. The molecule has 5 heteroatoms. The van der Waals surface area contributed by atoms with Crippen molar-refractivity contribution in [1.82, 2.24) is 5.32 Å². The largest absolute Gasteiger partial charge is 0.462 e. The average molecular weight is 552 g/mol. The van der Waals surface area contributed by atoms with E-state index in [2.05, 4.69) is 32.2 Å². The molecule has 0 aromatic rings. The number of carbonyl (C=O) groups excluding carboxylic acids is 2. The number of hydrogen-bond donors (Lipinski definition) is 1. The Morgan fingerprint density at radius 2 is 1.08 bits per heavy atom. The van der Waals surface area contributed by atoms with Crippen LogP contribution in [0, 0.1) is 0 Å². The van der Waals surface area contributed by atoms with Crippen LogP contribution in [-0.4, -0.2) is 37.7 Å². The molecule has 0 saturated heterocycles. The van der Waals surface area contributed by atoms with E-state index in [0.717, 1.165) is 58.0 Å². The fourth-order valence-electron chi connectivity index (χ4n) is 4.74. The van der Waals surface area contributed by atoms with Gasteiger partial charge in [-0.2, -0.15) is 0 Å². The summed E-state index contributed by atoms with van der Waals surface area (Å²) in [4.78, 5) is 24.3. The third-order valence-electron chi connectivity index (χ3n) is 7.26. The second-order valence-corrected chi connectivity index (χ2v) is 11.2. The molecule has 5 nitrogen and oxygen atoms in total. The van der Waals surface area contributed by atoms with Crippen LogP contribution in [0.5, 0.6) is 0 Å². The molecule has 230 valence electrons. The lowest BCUT2D eigenvalue weighted by Crippen LogP contribution is -2.21. The molecule has 0 aromatic heterocycles. The smallest absolute Gasteiger partial charge is 0.306 e. The highest BCUT2D eigenvalue weighted by Gasteiger charge is 2.14. The molecule has 1 N–H and O–H groups in total. The Bertz CT molecular complexity index is 547. The molecular weight excluding hydrogens is 486 g/mol. The normalized spacial score (nSPS) is 11.5. The first-order valence-corrected chi connectivity index (χ1v) is 16.8. The standard InChI is InChI=1S/C34H65NO4/c1-4-7-10-13-16-19-22-31-38-33(36)27-23-29-35-30-24-28-34(37)39-32(25-20-17-14-11-8-5-2)26-21-18-15-12-9-6-3/h19,22,32,35H,4-18,20-21,23-31H2,1-3H3/b22-19-. The van der Waals surface area contributed by atoms with Crippen molar-refractivity contribution < 1.29 is 19.1 Å².